The zero-order valence-electron chi connectivity index (χ0n) is 15.2. The molecule has 7 nitrogen and oxygen atoms in total. The predicted molar refractivity (Wildman–Crippen MR) is 101 cm³/mol. The summed E-state index contributed by atoms with van der Waals surface area (Å²) < 4.78 is 12.9. The standard InChI is InChI=1S/C20H22N4O3/c1-26-18-6-3-2-5-17(18)22-11-13-23(14-12-22)20(25)19-8-7-16(27-19)15-24-10-4-9-21-24/h2-10H,11-15H2,1H3. The lowest BCUT2D eigenvalue weighted by molar-refractivity contribution is 0.0712. The minimum Gasteiger partial charge on any atom is -0.495 e. The summed E-state index contributed by atoms with van der Waals surface area (Å²) in [5.74, 6) is 1.88. The topological polar surface area (TPSA) is 63.7 Å². The second kappa shape index (κ2) is 7.57. The van der Waals surface area contributed by atoms with Crippen LogP contribution in [0.1, 0.15) is 16.3 Å². The largest absolute Gasteiger partial charge is 0.495 e. The molecule has 4 rings (SSSR count). The Morgan fingerprint density at radius 2 is 1.93 bits per heavy atom. The monoisotopic (exact) mass is 366 g/mol. The zero-order chi connectivity index (χ0) is 18.6. The molecule has 0 radical (unpaired) electrons. The normalized spacial score (nSPS) is 14.4. The quantitative estimate of drug-likeness (QED) is 0.694. The van der Waals surface area contributed by atoms with Gasteiger partial charge in [0.2, 0.25) is 0 Å². The van der Waals surface area contributed by atoms with Gasteiger partial charge in [0.15, 0.2) is 5.76 Å². The second-order valence-corrected chi connectivity index (χ2v) is 6.42. The van der Waals surface area contributed by atoms with Crippen LogP contribution in [0.4, 0.5) is 5.69 Å². The Bertz CT molecular complexity index is 896. The Labute approximate surface area is 157 Å². The first kappa shape index (κ1) is 17.2. The number of benzene rings is 1. The summed E-state index contributed by atoms with van der Waals surface area (Å²) in [6, 6.07) is 13.4. The molecule has 1 fully saturated rings. The van der Waals surface area contributed by atoms with E-state index in [-0.39, 0.29) is 5.91 Å². The molecule has 1 aromatic carbocycles. The Morgan fingerprint density at radius 1 is 1.11 bits per heavy atom. The van der Waals surface area contributed by atoms with Crippen LogP contribution in [0.3, 0.4) is 0 Å². The van der Waals surface area contributed by atoms with E-state index in [1.165, 1.54) is 0 Å². The van der Waals surface area contributed by atoms with Crippen molar-refractivity contribution in [2.24, 2.45) is 0 Å². The Kier molecular flexibility index (Phi) is 4.82. The molecule has 1 saturated heterocycles. The van der Waals surface area contributed by atoms with E-state index in [9.17, 15) is 4.79 Å². The van der Waals surface area contributed by atoms with Gasteiger partial charge in [-0.05, 0) is 30.3 Å². The minimum atomic E-state index is -0.0682. The Balaban J connectivity index is 1.38. The molecule has 1 aliphatic rings. The molecule has 140 valence electrons. The van der Waals surface area contributed by atoms with Gasteiger partial charge in [0.25, 0.3) is 5.91 Å². The molecule has 1 amide bonds. The summed E-state index contributed by atoms with van der Waals surface area (Å²) in [5.41, 5.74) is 1.06. The van der Waals surface area contributed by atoms with Gasteiger partial charge < -0.3 is 19.0 Å². The number of carbonyl (C=O) groups is 1. The maximum Gasteiger partial charge on any atom is 0.289 e. The molecular weight excluding hydrogens is 344 g/mol. The molecule has 0 aliphatic carbocycles. The van der Waals surface area contributed by atoms with Gasteiger partial charge in [0.05, 0.1) is 19.3 Å². The summed E-state index contributed by atoms with van der Waals surface area (Å²) in [7, 11) is 1.68. The summed E-state index contributed by atoms with van der Waals surface area (Å²) in [6.07, 6.45) is 3.58. The van der Waals surface area contributed by atoms with Crippen LogP contribution in [-0.4, -0.2) is 53.9 Å². The first-order valence-electron chi connectivity index (χ1n) is 8.98. The van der Waals surface area contributed by atoms with Crippen molar-refractivity contribution in [2.75, 3.05) is 38.2 Å². The maximum atomic E-state index is 12.7. The number of nitrogens with zero attached hydrogens (tertiary/aromatic N) is 4. The molecule has 1 aliphatic heterocycles. The summed E-state index contributed by atoms with van der Waals surface area (Å²) in [6.45, 7) is 3.32. The van der Waals surface area contributed by atoms with Crippen LogP contribution in [0.2, 0.25) is 0 Å². The highest BCUT2D eigenvalue weighted by atomic mass is 16.5. The molecule has 0 unspecified atom stereocenters. The summed E-state index contributed by atoms with van der Waals surface area (Å²) >= 11 is 0. The van der Waals surface area contributed by atoms with E-state index in [1.807, 2.05) is 47.5 Å². The number of piperazine rings is 1. The van der Waals surface area contributed by atoms with Crippen LogP contribution in [-0.2, 0) is 6.54 Å². The van der Waals surface area contributed by atoms with Crippen LogP contribution >= 0.6 is 0 Å². The van der Waals surface area contributed by atoms with Gasteiger partial charge in [-0.3, -0.25) is 9.48 Å². The fraction of sp³-hybridized carbons (Fsp3) is 0.300. The summed E-state index contributed by atoms with van der Waals surface area (Å²) in [5, 5.41) is 4.15. The fourth-order valence-corrected chi connectivity index (χ4v) is 3.33. The molecule has 0 saturated carbocycles. The number of hydrogen-bond donors (Lipinski definition) is 0. The number of para-hydroxylation sites is 2. The predicted octanol–water partition coefficient (Wildman–Crippen LogP) is 2.50. The number of furan rings is 1. The molecule has 0 atom stereocenters. The number of amides is 1. The third kappa shape index (κ3) is 3.67. The SMILES string of the molecule is COc1ccccc1N1CCN(C(=O)c2ccc(Cn3cccn3)o2)CC1. The van der Waals surface area contributed by atoms with E-state index in [2.05, 4.69) is 10.00 Å². The number of ether oxygens (including phenoxy) is 1. The Morgan fingerprint density at radius 3 is 2.67 bits per heavy atom. The van der Waals surface area contributed by atoms with Gasteiger partial charge in [0, 0.05) is 38.6 Å². The first-order chi connectivity index (χ1) is 13.2. The minimum absolute atomic E-state index is 0.0682. The van der Waals surface area contributed by atoms with Gasteiger partial charge in [0.1, 0.15) is 11.5 Å². The molecular formula is C20H22N4O3. The van der Waals surface area contributed by atoms with Crippen molar-refractivity contribution in [3.05, 3.63) is 66.4 Å². The number of rotatable bonds is 5. The molecule has 0 N–H and O–H groups in total. The van der Waals surface area contributed by atoms with Crippen LogP contribution in [0.5, 0.6) is 5.75 Å². The van der Waals surface area contributed by atoms with Gasteiger partial charge in [-0.15, -0.1) is 0 Å². The average molecular weight is 366 g/mol. The van der Waals surface area contributed by atoms with E-state index in [0.29, 0.717) is 25.4 Å². The smallest absolute Gasteiger partial charge is 0.289 e. The van der Waals surface area contributed by atoms with E-state index in [4.69, 9.17) is 9.15 Å². The van der Waals surface area contributed by atoms with Gasteiger partial charge in [-0.2, -0.15) is 5.10 Å². The molecule has 7 heteroatoms. The fourth-order valence-electron chi connectivity index (χ4n) is 3.33. The molecule has 0 bridgehead atoms. The van der Waals surface area contributed by atoms with Crippen LogP contribution in [0, 0.1) is 0 Å². The van der Waals surface area contributed by atoms with E-state index in [1.54, 1.807) is 24.1 Å². The van der Waals surface area contributed by atoms with Crippen molar-refractivity contribution in [2.45, 2.75) is 6.54 Å². The van der Waals surface area contributed by atoms with Crippen molar-refractivity contribution in [3.8, 4) is 5.75 Å². The second-order valence-electron chi connectivity index (χ2n) is 6.42. The van der Waals surface area contributed by atoms with Gasteiger partial charge in [-0.1, -0.05) is 12.1 Å². The molecule has 2 aromatic heterocycles. The number of carbonyl (C=O) groups excluding carboxylic acids is 1. The molecule has 3 heterocycles. The van der Waals surface area contributed by atoms with Crippen LogP contribution in [0.25, 0.3) is 0 Å². The number of anilines is 1. The van der Waals surface area contributed by atoms with Crippen molar-refractivity contribution in [3.63, 3.8) is 0 Å². The number of aromatic nitrogens is 2. The van der Waals surface area contributed by atoms with Crippen LogP contribution in [0.15, 0.2) is 59.3 Å². The summed E-state index contributed by atoms with van der Waals surface area (Å²) in [4.78, 5) is 16.8. The van der Waals surface area contributed by atoms with Gasteiger partial charge >= 0.3 is 0 Å². The van der Waals surface area contributed by atoms with E-state index >= 15 is 0 Å². The molecule has 27 heavy (non-hydrogen) atoms. The maximum absolute atomic E-state index is 12.7. The van der Waals surface area contributed by atoms with Gasteiger partial charge in [-0.25, -0.2) is 0 Å². The average Bonchev–Trinajstić information content (AvgIpc) is 3.40. The number of hydrogen-bond acceptors (Lipinski definition) is 5. The highest BCUT2D eigenvalue weighted by Gasteiger charge is 2.25. The molecule has 3 aromatic rings. The van der Waals surface area contributed by atoms with Crippen LogP contribution < -0.4 is 9.64 Å². The lowest BCUT2D eigenvalue weighted by Crippen LogP contribution is -2.48. The third-order valence-electron chi connectivity index (χ3n) is 4.74. The lowest BCUT2D eigenvalue weighted by atomic mass is 10.2. The Hall–Kier alpha value is -3.22. The highest BCUT2D eigenvalue weighted by molar-refractivity contribution is 5.91. The highest BCUT2D eigenvalue weighted by Crippen LogP contribution is 2.28. The number of methoxy groups -OCH3 is 1. The van der Waals surface area contributed by atoms with E-state index < -0.39 is 0 Å². The van der Waals surface area contributed by atoms with Crippen molar-refractivity contribution < 1.29 is 13.9 Å². The van der Waals surface area contributed by atoms with Crippen molar-refractivity contribution in [1.29, 1.82) is 0 Å². The lowest BCUT2D eigenvalue weighted by Gasteiger charge is -2.36. The first-order valence-corrected chi connectivity index (χ1v) is 8.98. The van der Waals surface area contributed by atoms with Crippen molar-refractivity contribution in [1.82, 2.24) is 14.7 Å². The molecule has 0 spiro atoms. The zero-order valence-corrected chi connectivity index (χ0v) is 15.2. The van der Waals surface area contributed by atoms with E-state index in [0.717, 1.165) is 30.3 Å². The third-order valence-corrected chi connectivity index (χ3v) is 4.74. The van der Waals surface area contributed by atoms with Crippen molar-refractivity contribution >= 4 is 11.6 Å².